The maximum Gasteiger partial charge on any atom is 0.0326 e. The fourth-order valence-corrected chi connectivity index (χ4v) is 2.02. The van der Waals surface area contributed by atoms with Gasteiger partial charge in [0.05, 0.1) is 0 Å². The molecule has 0 aromatic heterocycles. The van der Waals surface area contributed by atoms with Gasteiger partial charge < -0.3 is 5.32 Å². The molecule has 1 unspecified atom stereocenters. The molecule has 0 amide bonds. The van der Waals surface area contributed by atoms with Crippen LogP contribution in [0.3, 0.4) is 0 Å². The Balaban J connectivity index is 0.000000980. The van der Waals surface area contributed by atoms with Crippen molar-refractivity contribution in [3.8, 4) is 0 Å². The van der Waals surface area contributed by atoms with Crippen molar-refractivity contribution in [3.63, 3.8) is 0 Å². The molecule has 2 rings (SSSR count). The van der Waals surface area contributed by atoms with Gasteiger partial charge >= 0.3 is 0 Å². The van der Waals surface area contributed by atoms with E-state index in [4.69, 9.17) is 0 Å². The van der Waals surface area contributed by atoms with Gasteiger partial charge in [0.15, 0.2) is 0 Å². The van der Waals surface area contributed by atoms with E-state index < -0.39 is 0 Å². The molecule has 0 bridgehead atoms. The van der Waals surface area contributed by atoms with Crippen molar-refractivity contribution in [1.82, 2.24) is 5.32 Å². The first kappa shape index (κ1) is 11.5. The smallest absolute Gasteiger partial charge is 0.0326 e. The van der Waals surface area contributed by atoms with Gasteiger partial charge in [0.2, 0.25) is 0 Å². The van der Waals surface area contributed by atoms with E-state index in [9.17, 15) is 0 Å². The van der Waals surface area contributed by atoms with Crippen molar-refractivity contribution >= 4 is 12.4 Å². The second-order valence-electron chi connectivity index (χ2n) is 4.71. The van der Waals surface area contributed by atoms with Gasteiger partial charge in [-0.25, -0.2) is 0 Å². The summed E-state index contributed by atoms with van der Waals surface area (Å²) in [6.07, 6.45) is 1.25. The van der Waals surface area contributed by atoms with Gasteiger partial charge in [-0.15, -0.1) is 12.4 Å². The monoisotopic (exact) mass is 211 g/mol. The van der Waals surface area contributed by atoms with Gasteiger partial charge in [0.25, 0.3) is 0 Å². The standard InChI is InChI=1S/C12H17N.ClH/c1-12(2)8-11(13-9-12)10-6-4-3-5-7-10;/h3-7,11,13H,8-9H2,1-2H3;1H. The molecule has 1 heterocycles. The highest BCUT2D eigenvalue weighted by molar-refractivity contribution is 5.85. The highest BCUT2D eigenvalue weighted by atomic mass is 35.5. The minimum atomic E-state index is 0. The Hall–Kier alpha value is -0.530. The quantitative estimate of drug-likeness (QED) is 0.753. The zero-order valence-electron chi connectivity index (χ0n) is 8.79. The third-order valence-corrected chi connectivity index (χ3v) is 2.79. The Bertz CT molecular complexity index is 282. The minimum Gasteiger partial charge on any atom is -0.309 e. The highest BCUT2D eigenvalue weighted by Gasteiger charge is 2.30. The molecule has 1 N–H and O–H groups in total. The average molecular weight is 212 g/mol. The lowest BCUT2D eigenvalue weighted by Gasteiger charge is -2.15. The predicted octanol–water partition coefficient (Wildman–Crippen LogP) is 3.17. The Morgan fingerprint density at radius 2 is 1.86 bits per heavy atom. The number of benzene rings is 1. The van der Waals surface area contributed by atoms with Crippen LogP contribution in [-0.2, 0) is 0 Å². The number of hydrogen-bond donors (Lipinski definition) is 1. The summed E-state index contributed by atoms with van der Waals surface area (Å²) in [6.45, 7) is 5.78. The van der Waals surface area contributed by atoms with Crippen LogP contribution in [0.1, 0.15) is 31.9 Å². The fourth-order valence-electron chi connectivity index (χ4n) is 2.02. The van der Waals surface area contributed by atoms with Gasteiger partial charge in [-0.05, 0) is 17.4 Å². The predicted molar refractivity (Wildman–Crippen MR) is 62.8 cm³/mol. The van der Waals surface area contributed by atoms with Gasteiger partial charge in [-0.3, -0.25) is 0 Å². The molecule has 0 aliphatic carbocycles. The van der Waals surface area contributed by atoms with Crippen LogP contribution in [0.25, 0.3) is 0 Å². The van der Waals surface area contributed by atoms with E-state index in [0.29, 0.717) is 11.5 Å². The molecule has 0 radical (unpaired) electrons. The molecule has 1 fully saturated rings. The maximum absolute atomic E-state index is 3.56. The Morgan fingerprint density at radius 1 is 1.21 bits per heavy atom. The fraction of sp³-hybridized carbons (Fsp3) is 0.500. The lowest BCUT2D eigenvalue weighted by molar-refractivity contribution is 0.403. The van der Waals surface area contributed by atoms with Crippen LogP contribution < -0.4 is 5.32 Å². The summed E-state index contributed by atoms with van der Waals surface area (Å²) in [5, 5.41) is 3.56. The Labute approximate surface area is 92.3 Å². The molecule has 0 spiro atoms. The molecular formula is C12H18ClN. The molecule has 1 aromatic rings. The number of halogens is 1. The summed E-state index contributed by atoms with van der Waals surface area (Å²) in [5.41, 5.74) is 1.88. The van der Waals surface area contributed by atoms with E-state index in [1.165, 1.54) is 12.0 Å². The molecule has 1 atom stereocenters. The first-order valence-corrected chi connectivity index (χ1v) is 4.96. The van der Waals surface area contributed by atoms with E-state index in [1.54, 1.807) is 0 Å². The average Bonchev–Trinajstić information content (AvgIpc) is 2.48. The highest BCUT2D eigenvalue weighted by Crippen LogP contribution is 2.35. The maximum atomic E-state index is 3.56. The molecule has 1 nitrogen and oxygen atoms in total. The molecule has 14 heavy (non-hydrogen) atoms. The third kappa shape index (κ3) is 2.49. The molecule has 78 valence electrons. The van der Waals surface area contributed by atoms with Crippen molar-refractivity contribution in [3.05, 3.63) is 35.9 Å². The summed E-state index contributed by atoms with van der Waals surface area (Å²) < 4.78 is 0. The molecule has 1 aromatic carbocycles. The summed E-state index contributed by atoms with van der Waals surface area (Å²) in [5.74, 6) is 0. The number of rotatable bonds is 1. The van der Waals surface area contributed by atoms with Crippen molar-refractivity contribution in [2.75, 3.05) is 6.54 Å². The molecule has 1 saturated heterocycles. The molecule has 2 heteroatoms. The van der Waals surface area contributed by atoms with Gasteiger partial charge in [-0.1, -0.05) is 44.2 Å². The number of nitrogens with one attached hydrogen (secondary N) is 1. The first-order chi connectivity index (χ1) is 6.17. The molecular weight excluding hydrogens is 194 g/mol. The van der Waals surface area contributed by atoms with Gasteiger partial charge in [-0.2, -0.15) is 0 Å². The largest absolute Gasteiger partial charge is 0.309 e. The van der Waals surface area contributed by atoms with E-state index in [2.05, 4.69) is 49.5 Å². The second-order valence-corrected chi connectivity index (χ2v) is 4.71. The van der Waals surface area contributed by atoms with Crippen LogP contribution in [0.5, 0.6) is 0 Å². The topological polar surface area (TPSA) is 12.0 Å². The van der Waals surface area contributed by atoms with Crippen molar-refractivity contribution in [2.45, 2.75) is 26.3 Å². The van der Waals surface area contributed by atoms with Crippen molar-refractivity contribution in [2.24, 2.45) is 5.41 Å². The normalized spacial score (nSPS) is 24.3. The van der Waals surface area contributed by atoms with Crippen LogP contribution in [0.4, 0.5) is 0 Å². The van der Waals surface area contributed by atoms with Crippen LogP contribution in [0, 0.1) is 5.41 Å². The van der Waals surface area contributed by atoms with E-state index in [-0.39, 0.29) is 12.4 Å². The SMILES string of the molecule is CC1(C)CNC(c2ccccc2)C1.Cl. The van der Waals surface area contributed by atoms with Crippen molar-refractivity contribution in [1.29, 1.82) is 0 Å². The third-order valence-electron chi connectivity index (χ3n) is 2.79. The van der Waals surface area contributed by atoms with Crippen LogP contribution in [-0.4, -0.2) is 6.54 Å². The minimum absolute atomic E-state index is 0. The zero-order valence-corrected chi connectivity index (χ0v) is 9.60. The summed E-state index contributed by atoms with van der Waals surface area (Å²) in [7, 11) is 0. The lowest BCUT2D eigenvalue weighted by Crippen LogP contribution is -2.16. The van der Waals surface area contributed by atoms with Crippen LogP contribution in [0.2, 0.25) is 0 Å². The molecule has 1 aliphatic heterocycles. The summed E-state index contributed by atoms with van der Waals surface area (Å²) in [4.78, 5) is 0. The van der Waals surface area contributed by atoms with Crippen LogP contribution in [0.15, 0.2) is 30.3 Å². The zero-order chi connectivity index (χ0) is 9.31. The Kier molecular flexibility index (Phi) is 3.57. The lowest BCUT2D eigenvalue weighted by atomic mass is 9.89. The van der Waals surface area contributed by atoms with E-state index >= 15 is 0 Å². The van der Waals surface area contributed by atoms with Crippen molar-refractivity contribution < 1.29 is 0 Å². The van der Waals surface area contributed by atoms with Gasteiger partial charge in [0.1, 0.15) is 0 Å². The Morgan fingerprint density at radius 3 is 2.36 bits per heavy atom. The molecule has 1 aliphatic rings. The van der Waals surface area contributed by atoms with E-state index in [0.717, 1.165) is 6.54 Å². The molecule has 0 saturated carbocycles. The van der Waals surface area contributed by atoms with E-state index in [1.807, 2.05) is 0 Å². The summed E-state index contributed by atoms with van der Waals surface area (Å²) >= 11 is 0. The van der Waals surface area contributed by atoms with Crippen LogP contribution >= 0.6 is 12.4 Å². The first-order valence-electron chi connectivity index (χ1n) is 4.96. The second kappa shape index (κ2) is 4.33. The summed E-state index contributed by atoms with van der Waals surface area (Å²) in [6, 6.07) is 11.3. The van der Waals surface area contributed by atoms with Gasteiger partial charge in [0, 0.05) is 12.6 Å². The number of hydrogen-bond acceptors (Lipinski definition) is 1.